The van der Waals surface area contributed by atoms with Crippen LogP contribution in [0.15, 0.2) is 42.5 Å². The zero-order valence-electron chi connectivity index (χ0n) is 21.8. The van der Waals surface area contributed by atoms with E-state index in [-0.39, 0.29) is 29.9 Å². The Labute approximate surface area is 223 Å². The van der Waals surface area contributed by atoms with Crippen molar-refractivity contribution in [2.24, 2.45) is 0 Å². The van der Waals surface area contributed by atoms with Gasteiger partial charge in [0.25, 0.3) is 0 Å². The first-order valence-electron chi connectivity index (χ1n) is 13.4. The Balaban J connectivity index is 1.30. The summed E-state index contributed by atoms with van der Waals surface area (Å²) in [5.41, 5.74) is 1.91. The standard InChI is InChI=1S/C29H35N3O6/c1-36-25-9-7-20-8-10-27(33)30-23-18-32(29(35)12-15-31-13-3-6-28(31)34)14-11-24(23)37-19-21-4-2-5-22(16-21)38-26(25)17-20/h2,4-5,7,9,16-17,23-24H,3,6,8,10-15,18-19H2,1H3,(H,30,33)/t23-,24+/m1/s1. The van der Waals surface area contributed by atoms with E-state index < -0.39 is 0 Å². The minimum atomic E-state index is -0.315. The molecule has 0 aromatic heterocycles. The third-order valence-corrected chi connectivity index (χ3v) is 7.47. The molecule has 2 fully saturated rings. The minimum Gasteiger partial charge on any atom is -0.493 e. The fourth-order valence-electron chi connectivity index (χ4n) is 5.35. The number of methoxy groups -OCH3 is 1. The lowest BCUT2D eigenvalue weighted by Gasteiger charge is -2.39. The van der Waals surface area contributed by atoms with Gasteiger partial charge >= 0.3 is 0 Å². The number of fused-ring (bicyclic) bond motifs is 5. The van der Waals surface area contributed by atoms with Crippen LogP contribution in [0.25, 0.3) is 0 Å². The van der Waals surface area contributed by atoms with Gasteiger partial charge in [-0.2, -0.15) is 0 Å². The quantitative estimate of drug-likeness (QED) is 0.664. The molecule has 1 N–H and O–H groups in total. The second-order valence-electron chi connectivity index (χ2n) is 10.1. The summed E-state index contributed by atoms with van der Waals surface area (Å²) in [6.45, 7) is 2.48. The molecular weight excluding hydrogens is 486 g/mol. The van der Waals surface area contributed by atoms with E-state index in [2.05, 4.69) is 5.32 Å². The number of carbonyl (C=O) groups excluding carboxylic acids is 3. The van der Waals surface area contributed by atoms with Gasteiger partial charge in [0, 0.05) is 45.4 Å². The van der Waals surface area contributed by atoms with Crippen molar-refractivity contribution in [3.8, 4) is 17.2 Å². The van der Waals surface area contributed by atoms with Gasteiger partial charge in [-0.3, -0.25) is 14.4 Å². The van der Waals surface area contributed by atoms with E-state index in [0.717, 1.165) is 24.1 Å². The van der Waals surface area contributed by atoms with Crippen LogP contribution in [0.2, 0.25) is 0 Å². The van der Waals surface area contributed by atoms with E-state index in [4.69, 9.17) is 14.2 Å². The summed E-state index contributed by atoms with van der Waals surface area (Å²) < 4.78 is 17.9. The second-order valence-corrected chi connectivity index (χ2v) is 10.1. The first-order chi connectivity index (χ1) is 18.5. The first-order valence-corrected chi connectivity index (χ1v) is 13.4. The Morgan fingerprint density at radius 3 is 2.79 bits per heavy atom. The molecule has 5 rings (SSSR count). The highest BCUT2D eigenvalue weighted by Gasteiger charge is 2.33. The summed E-state index contributed by atoms with van der Waals surface area (Å²) in [5, 5.41) is 3.14. The van der Waals surface area contributed by atoms with Crippen LogP contribution in [0, 0.1) is 0 Å². The third-order valence-electron chi connectivity index (χ3n) is 7.47. The topological polar surface area (TPSA) is 97.4 Å². The predicted molar refractivity (Wildman–Crippen MR) is 140 cm³/mol. The van der Waals surface area contributed by atoms with Crippen LogP contribution in [-0.2, 0) is 32.1 Å². The Hall–Kier alpha value is -3.59. The fourth-order valence-corrected chi connectivity index (χ4v) is 5.35. The van der Waals surface area contributed by atoms with Crippen LogP contribution in [0.1, 0.15) is 43.2 Å². The molecule has 4 bridgehead atoms. The summed E-state index contributed by atoms with van der Waals surface area (Å²) in [6, 6.07) is 13.1. The van der Waals surface area contributed by atoms with E-state index in [1.807, 2.05) is 42.5 Å². The molecule has 2 saturated heterocycles. The molecule has 0 saturated carbocycles. The van der Waals surface area contributed by atoms with Crippen LogP contribution >= 0.6 is 0 Å². The average Bonchev–Trinajstić information content (AvgIpc) is 3.34. The summed E-state index contributed by atoms with van der Waals surface area (Å²) in [4.78, 5) is 41.5. The molecule has 0 radical (unpaired) electrons. The molecule has 3 heterocycles. The van der Waals surface area contributed by atoms with Crippen LogP contribution < -0.4 is 14.8 Å². The lowest BCUT2D eigenvalue weighted by atomic mass is 10.0. The molecule has 3 amide bonds. The summed E-state index contributed by atoms with van der Waals surface area (Å²) >= 11 is 0. The molecule has 0 spiro atoms. The smallest absolute Gasteiger partial charge is 0.224 e. The number of carbonyl (C=O) groups is 3. The minimum absolute atomic E-state index is 0.00361. The van der Waals surface area contributed by atoms with Gasteiger partial charge in [0.1, 0.15) is 5.75 Å². The number of aryl methyl sites for hydroxylation is 1. The molecule has 9 heteroatoms. The number of nitrogens with zero attached hydrogens (tertiary/aromatic N) is 2. The number of hydrogen-bond donors (Lipinski definition) is 1. The molecule has 2 aromatic carbocycles. The zero-order valence-corrected chi connectivity index (χ0v) is 21.8. The number of rotatable bonds is 4. The predicted octanol–water partition coefficient (Wildman–Crippen LogP) is 3.05. The highest BCUT2D eigenvalue weighted by atomic mass is 16.5. The van der Waals surface area contributed by atoms with E-state index in [0.29, 0.717) is 75.6 Å². The summed E-state index contributed by atoms with van der Waals surface area (Å²) in [6.07, 6.45) is 2.95. The normalized spacial score (nSPS) is 22.0. The number of likely N-dealkylation sites (tertiary alicyclic amines) is 2. The molecule has 2 aromatic rings. The van der Waals surface area contributed by atoms with Gasteiger partial charge in [0.2, 0.25) is 17.7 Å². The molecule has 0 aliphatic carbocycles. The Bertz CT molecular complexity index is 1180. The average molecular weight is 522 g/mol. The zero-order chi connectivity index (χ0) is 26.5. The molecule has 202 valence electrons. The molecule has 38 heavy (non-hydrogen) atoms. The van der Waals surface area contributed by atoms with Gasteiger partial charge in [-0.25, -0.2) is 0 Å². The molecular formula is C29H35N3O6. The van der Waals surface area contributed by atoms with Crippen molar-refractivity contribution in [2.45, 2.75) is 57.3 Å². The molecule has 3 aliphatic rings. The van der Waals surface area contributed by atoms with Gasteiger partial charge < -0.3 is 29.3 Å². The Morgan fingerprint density at radius 2 is 1.97 bits per heavy atom. The van der Waals surface area contributed by atoms with Crippen LogP contribution in [0.5, 0.6) is 17.2 Å². The van der Waals surface area contributed by atoms with Crippen LogP contribution in [-0.4, -0.2) is 73.0 Å². The van der Waals surface area contributed by atoms with E-state index in [9.17, 15) is 14.4 Å². The number of benzene rings is 2. The Kier molecular flexibility index (Phi) is 8.12. The maximum absolute atomic E-state index is 13.0. The van der Waals surface area contributed by atoms with Crippen molar-refractivity contribution < 1.29 is 28.6 Å². The highest BCUT2D eigenvalue weighted by Crippen LogP contribution is 2.33. The van der Waals surface area contributed by atoms with Gasteiger partial charge in [-0.15, -0.1) is 0 Å². The summed E-state index contributed by atoms with van der Waals surface area (Å²) in [7, 11) is 1.60. The largest absolute Gasteiger partial charge is 0.493 e. The van der Waals surface area contributed by atoms with Gasteiger partial charge in [0.15, 0.2) is 11.5 Å². The molecule has 3 aliphatic heterocycles. The maximum atomic E-state index is 13.0. The maximum Gasteiger partial charge on any atom is 0.224 e. The number of amides is 3. The number of piperidine rings is 1. The van der Waals surface area contributed by atoms with E-state index in [1.54, 1.807) is 16.9 Å². The number of hydrogen-bond acceptors (Lipinski definition) is 6. The molecule has 0 unspecified atom stereocenters. The van der Waals surface area contributed by atoms with Crippen molar-refractivity contribution in [1.29, 1.82) is 0 Å². The number of nitrogens with one attached hydrogen (secondary N) is 1. The monoisotopic (exact) mass is 521 g/mol. The van der Waals surface area contributed by atoms with Crippen molar-refractivity contribution in [1.82, 2.24) is 15.1 Å². The summed E-state index contributed by atoms with van der Waals surface area (Å²) in [5.74, 6) is 1.93. The highest BCUT2D eigenvalue weighted by molar-refractivity contribution is 5.80. The van der Waals surface area contributed by atoms with Crippen LogP contribution in [0.3, 0.4) is 0 Å². The lowest BCUT2D eigenvalue weighted by molar-refractivity contribution is -0.138. The van der Waals surface area contributed by atoms with Gasteiger partial charge in [0.05, 0.1) is 25.9 Å². The van der Waals surface area contributed by atoms with Crippen molar-refractivity contribution >= 4 is 17.7 Å². The lowest BCUT2D eigenvalue weighted by Crippen LogP contribution is -2.57. The fraction of sp³-hybridized carbons (Fsp3) is 0.483. The molecule has 9 nitrogen and oxygen atoms in total. The molecule has 2 atom stereocenters. The van der Waals surface area contributed by atoms with Crippen molar-refractivity contribution in [3.05, 3.63) is 53.6 Å². The van der Waals surface area contributed by atoms with Gasteiger partial charge in [-0.1, -0.05) is 18.2 Å². The third kappa shape index (κ3) is 6.27. The van der Waals surface area contributed by atoms with E-state index >= 15 is 0 Å². The SMILES string of the molecule is COc1ccc2cc1Oc1cccc(c1)CO[C@H]1CCN(C(=O)CCN3CCCC3=O)C[C@H]1NC(=O)CC2. The second kappa shape index (κ2) is 11.9. The van der Waals surface area contributed by atoms with E-state index in [1.165, 1.54) is 0 Å². The van der Waals surface area contributed by atoms with Crippen molar-refractivity contribution in [3.63, 3.8) is 0 Å². The van der Waals surface area contributed by atoms with Crippen LogP contribution in [0.4, 0.5) is 0 Å². The number of ether oxygens (including phenoxy) is 3. The Morgan fingerprint density at radius 1 is 1.08 bits per heavy atom. The first kappa shape index (κ1) is 26.0. The van der Waals surface area contributed by atoms with Crippen molar-refractivity contribution in [2.75, 3.05) is 33.3 Å². The van der Waals surface area contributed by atoms with Gasteiger partial charge in [-0.05, 0) is 54.7 Å².